The van der Waals surface area contributed by atoms with E-state index in [-0.39, 0.29) is 33.8 Å². The second kappa shape index (κ2) is 9.44. The zero-order valence-corrected chi connectivity index (χ0v) is 19.1. The average Bonchev–Trinajstić information content (AvgIpc) is 3.30. The van der Waals surface area contributed by atoms with E-state index in [1.54, 1.807) is 36.6 Å². The average molecular weight is 482 g/mol. The van der Waals surface area contributed by atoms with E-state index >= 15 is 0 Å². The van der Waals surface area contributed by atoms with Crippen LogP contribution in [0.2, 0.25) is 0 Å². The minimum Gasteiger partial charge on any atom is -0.462 e. The van der Waals surface area contributed by atoms with Crippen molar-refractivity contribution in [2.24, 2.45) is 0 Å². The lowest BCUT2D eigenvalue weighted by atomic mass is 10.2. The molecule has 0 aliphatic carbocycles. The first kappa shape index (κ1) is 23.1. The first-order valence-corrected chi connectivity index (χ1v) is 11.3. The number of esters is 1. The summed E-state index contributed by atoms with van der Waals surface area (Å²) in [5, 5.41) is 4.29. The number of hydrogen-bond donors (Lipinski definition) is 1. The number of thiophene rings is 1. The first-order chi connectivity index (χ1) is 16.3. The lowest BCUT2D eigenvalue weighted by Gasteiger charge is -2.14. The van der Waals surface area contributed by atoms with E-state index in [0.717, 1.165) is 15.9 Å². The Morgan fingerprint density at radius 2 is 1.88 bits per heavy atom. The molecule has 0 bridgehead atoms. The minimum absolute atomic E-state index is 0.178. The van der Waals surface area contributed by atoms with Crippen LogP contribution in [0.5, 0.6) is 0 Å². The zero-order chi connectivity index (χ0) is 24.4. The first-order valence-electron chi connectivity index (χ1n) is 10.4. The van der Waals surface area contributed by atoms with Crippen molar-refractivity contribution in [3.05, 3.63) is 91.7 Å². The van der Waals surface area contributed by atoms with Gasteiger partial charge >= 0.3 is 11.7 Å². The van der Waals surface area contributed by atoms with Crippen LogP contribution in [0.4, 0.5) is 10.1 Å². The number of para-hydroxylation sites is 1. The van der Waals surface area contributed by atoms with Crippen LogP contribution in [0.25, 0.3) is 15.9 Å². The number of aryl methyl sites for hydroxylation is 1. The number of carbonyl (C=O) groups excluding carboxylic acids is 2. The standard InChI is InChI=1S/C24H20FN3O5S/c1-3-33-23(31)16-6-4-5-7-18(16)26-20(29)13-27-19-10-11-34-21(19)22(30)28(24(27)32)15-8-9-17(25)14(2)12-15/h4-12H,3,13H2,1-2H3,(H,26,29). The maximum atomic E-state index is 13.8. The van der Waals surface area contributed by atoms with Crippen LogP contribution in [0, 0.1) is 12.7 Å². The Kier molecular flexibility index (Phi) is 6.42. The summed E-state index contributed by atoms with van der Waals surface area (Å²) in [5.74, 6) is -1.63. The molecule has 0 aliphatic heterocycles. The van der Waals surface area contributed by atoms with Crippen LogP contribution in [0.15, 0.2) is 63.5 Å². The van der Waals surface area contributed by atoms with Gasteiger partial charge in [-0.15, -0.1) is 11.3 Å². The largest absolute Gasteiger partial charge is 0.462 e. The van der Waals surface area contributed by atoms with Crippen molar-refractivity contribution in [3.8, 4) is 5.69 Å². The van der Waals surface area contributed by atoms with E-state index in [4.69, 9.17) is 4.74 Å². The molecular weight excluding hydrogens is 461 g/mol. The zero-order valence-electron chi connectivity index (χ0n) is 18.3. The number of rotatable bonds is 6. The summed E-state index contributed by atoms with van der Waals surface area (Å²) in [6.07, 6.45) is 0. The van der Waals surface area contributed by atoms with Gasteiger partial charge < -0.3 is 10.1 Å². The van der Waals surface area contributed by atoms with Gasteiger partial charge in [0.25, 0.3) is 5.56 Å². The molecule has 0 fully saturated rings. The second-order valence-electron chi connectivity index (χ2n) is 7.39. The highest BCUT2D eigenvalue weighted by Gasteiger charge is 2.19. The number of nitrogens with zero attached hydrogens (tertiary/aromatic N) is 2. The van der Waals surface area contributed by atoms with Gasteiger partial charge in [-0.25, -0.2) is 18.5 Å². The molecule has 0 radical (unpaired) electrons. The number of carbonyl (C=O) groups is 2. The molecule has 1 amide bonds. The highest BCUT2D eigenvalue weighted by atomic mass is 32.1. The van der Waals surface area contributed by atoms with Crippen LogP contribution >= 0.6 is 11.3 Å². The number of benzene rings is 2. The summed E-state index contributed by atoms with van der Waals surface area (Å²) >= 11 is 1.14. The van der Waals surface area contributed by atoms with Crippen LogP contribution in [-0.4, -0.2) is 27.6 Å². The van der Waals surface area contributed by atoms with E-state index in [2.05, 4.69) is 5.32 Å². The van der Waals surface area contributed by atoms with Gasteiger partial charge in [-0.05, 0) is 61.2 Å². The van der Waals surface area contributed by atoms with Crippen molar-refractivity contribution in [2.45, 2.75) is 20.4 Å². The fourth-order valence-corrected chi connectivity index (χ4v) is 4.37. The summed E-state index contributed by atoms with van der Waals surface area (Å²) < 4.78 is 21.2. The van der Waals surface area contributed by atoms with E-state index in [0.29, 0.717) is 5.52 Å². The van der Waals surface area contributed by atoms with E-state index in [1.807, 2.05) is 0 Å². The molecule has 0 saturated carbocycles. The van der Waals surface area contributed by atoms with Gasteiger partial charge in [-0.1, -0.05) is 12.1 Å². The Hall–Kier alpha value is -4.05. The van der Waals surface area contributed by atoms with Gasteiger partial charge in [0.15, 0.2) is 0 Å². The Labute approximate surface area is 196 Å². The molecule has 2 heterocycles. The van der Waals surface area contributed by atoms with Gasteiger partial charge in [0, 0.05) is 0 Å². The molecule has 0 spiro atoms. The van der Waals surface area contributed by atoms with Crippen molar-refractivity contribution in [2.75, 3.05) is 11.9 Å². The molecule has 2 aromatic heterocycles. The van der Waals surface area contributed by atoms with Crippen LogP contribution in [0.1, 0.15) is 22.8 Å². The van der Waals surface area contributed by atoms with Gasteiger partial charge in [0.05, 0.1) is 29.1 Å². The highest BCUT2D eigenvalue weighted by molar-refractivity contribution is 7.17. The number of fused-ring (bicyclic) bond motifs is 1. The van der Waals surface area contributed by atoms with E-state index in [9.17, 15) is 23.6 Å². The molecule has 0 saturated heterocycles. The maximum absolute atomic E-state index is 13.8. The molecule has 4 rings (SSSR count). The van der Waals surface area contributed by atoms with E-state index in [1.165, 1.54) is 35.8 Å². The number of ether oxygens (including phenoxy) is 1. The number of nitrogens with one attached hydrogen (secondary N) is 1. The molecule has 0 aliphatic rings. The van der Waals surface area contributed by atoms with Crippen molar-refractivity contribution in [3.63, 3.8) is 0 Å². The summed E-state index contributed by atoms with van der Waals surface area (Å²) in [6.45, 7) is 2.97. The summed E-state index contributed by atoms with van der Waals surface area (Å²) in [4.78, 5) is 51.5. The quantitative estimate of drug-likeness (QED) is 0.425. The Bertz CT molecular complexity index is 1540. The number of hydrogen-bond acceptors (Lipinski definition) is 6. The number of halogens is 1. The maximum Gasteiger partial charge on any atom is 0.340 e. The molecule has 34 heavy (non-hydrogen) atoms. The van der Waals surface area contributed by atoms with Crippen molar-refractivity contribution < 1.29 is 18.7 Å². The number of aromatic nitrogens is 2. The van der Waals surface area contributed by atoms with Gasteiger partial charge in [-0.2, -0.15) is 0 Å². The van der Waals surface area contributed by atoms with Gasteiger partial charge in [0.2, 0.25) is 5.91 Å². The Morgan fingerprint density at radius 1 is 1.12 bits per heavy atom. The minimum atomic E-state index is -0.740. The van der Waals surface area contributed by atoms with Crippen molar-refractivity contribution in [1.82, 2.24) is 9.13 Å². The smallest absolute Gasteiger partial charge is 0.340 e. The number of amides is 1. The van der Waals surface area contributed by atoms with Gasteiger partial charge in [0.1, 0.15) is 17.1 Å². The van der Waals surface area contributed by atoms with Crippen molar-refractivity contribution in [1.29, 1.82) is 0 Å². The number of anilines is 1. The molecule has 8 nitrogen and oxygen atoms in total. The lowest BCUT2D eigenvalue weighted by Crippen LogP contribution is -2.40. The third kappa shape index (κ3) is 4.27. The van der Waals surface area contributed by atoms with Gasteiger partial charge in [-0.3, -0.25) is 14.2 Å². The monoisotopic (exact) mass is 481 g/mol. The topological polar surface area (TPSA) is 99.4 Å². The fraction of sp³-hybridized carbons (Fsp3) is 0.167. The highest BCUT2D eigenvalue weighted by Crippen LogP contribution is 2.19. The molecule has 10 heteroatoms. The predicted octanol–water partition coefficient (Wildman–Crippen LogP) is 3.48. The Balaban J connectivity index is 1.75. The SMILES string of the molecule is CCOC(=O)c1ccccc1NC(=O)Cn1c(=O)n(-c2ccc(F)c(C)c2)c(=O)c2sccc21. The normalized spacial score (nSPS) is 10.9. The second-order valence-corrected chi connectivity index (χ2v) is 8.31. The molecule has 4 aromatic rings. The molecular formula is C24H20FN3O5S. The van der Waals surface area contributed by atoms with Crippen LogP contribution in [0.3, 0.4) is 0 Å². The third-order valence-electron chi connectivity index (χ3n) is 5.15. The fourth-order valence-electron chi connectivity index (χ4n) is 3.55. The molecule has 174 valence electrons. The van der Waals surface area contributed by atoms with Crippen LogP contribution in [-0.2, 0) is 16.1 Å². The predicted molar refractivity (Wildman–Crippen MR) is 127 cm³/mol. The summed E-state index contributed by atoms with van der Waals surface area (Å²) in [7, 11) is 0. The summed E-state index contributed by atoms with van der Waals surface area (Å²) in [6, 6.07) is 11.9. The van der Waals surface area contributed by atoms with E-state index < -0.39 is 35.5 Å². The lowest BCUT2D eigenvalue weighted by molar-refractivity contribution is -0.116. The molecule has 0 atom stereocenters. The summed E-state index contributed by atoms with van der Waals surface area (Å²) in [5.41, 5.74) is -0.0912. The van der Waals surface area contributed by atoms with Crippen molar-refractivity contribution >= 4 is 39.1 Å². The third-order valence-corrected chi connectivity index (χ3v) is 6.04. The molecule has 1 N–H and O–H groups in total. The molecule has 0 unspecified atom stereocenters. The Morgan fingerprint density at radius 3 is 2.62 bits per heavy atom. The molecule has 2 aromatic carbocycles. The van der Waals surface area contributed by atoms with Crippen LogP contribution < -0.4 is 16.6 Å².